The molecule has 21 nitrogen and oxygen atoms in total. The van der Waals surface area contributed by atoms with Crippen molar-refractivity contribution in [2.75, 3.05) is 37.9 Å². The van der Waals surface area contributed by atoms with Crippen LogP contribution in [0.1, 0.15) is 53.7 Å². The largest absolute Gasteiger partial charge is 0.495 e. The number of nitrogens with one attached hydrogen (secondary N) is 1. The second-order valence-electron chi connectivity index (χ2n) is 15.3. The minimum absolute atomic E-state index is 0.00997. The van der Waals surface area contributed by atoms with E-state index in [1.165, 1.54) is 43.5 Å². The van der Waals surface area contributed by atoms with Crippen LogP contribution in [0.4, 0.5) is 28.7 Å². The highest BCUT2D eigenvalue weighted by atomic mass is 35.5. The van der Waals surface area contributed by atoms with Crippen LogP contribution in [0.5, 0.6) is 17.2 Å². The average Bonchev–Trinajstić information content (AvgIpc) is 3.31. The van der Waals surface area contributed by atoms with E-state index >= 15 is 0 Å². The van der Waals surface area contributed by atoms with Gasteiger partial charge in [-0.1, -0.05) is 54.4 Å². The van der Waals surface area contributed by atoms with E-state index in [1.54, 1.807) is 48.5 Å². The van der Waals surface area contributed by atoms with Crippen LogP contribution in [0.25, 0.3) is 0 Å². The van der Waals surface area contributed by atoms with Gasteiger partial charge in [0.25, 0.3) is 30.4 Å². The predicted molar refractivity (Wildman–Crippen MR) is 263 cm³/mol. The van der Waals surface area contributed by atoms with Crippen LogP contribution in [-0.2, 0) is 56.2 Å². The lowest BCUT2D eigenvalue weighted by Crippen LogP contribution is -2.14. The van der Waals surface area contributed by atoms with Crippen LogP contribution in [0, 0.1) is 0 Å². The van der Waals surface area contributed by atoms with Gasteiger partial charge in [0.15, 0.2) is 0 Å². The van der Waals surface area contributed by atoms with Gasteiger partial charge < -0.3 is 24.6 Å². The lowest BCUT2D eigenvalue weighted by molar-refractivity contribution is 0.282. The Hall–Kier alpha value is -6.22. The highest BCUT2D eigenvalue weighted by Gasteiger charge is 2.20. The van der Waals surface area contributed by atoms with Gasteiger partial charge >= 0.3 is 0 Å². The average molecular weight is 1070 g/mol. The van der Waals surface area contributed by atoms with Gasteiger partial charge in [-0.05, 0) is 85.0 Å². The van der Waals surface area contributed by atoms with Crippen molar-refractivity contribution in [1.82, 2.24) is 15.0 Å². The van der Waals surface area contributed by atoms with E-state index < -0.39 is 41.0 Å². The van der Waals surface area contributed by atoms with E-state index in [0.717, 1.165) is 11.6 Å². The Kier molecular flexibility index (Phi) is 18.5. The summed E-state index contributed by atoms with van der Waals surface area (Å²) >= 11 is 13.5. The second kappa shape index (κ2) is 24.3. The molecule has 1 heterocycles. The summed E-state index contributed by atoms with van der Waals surface area (Å²) in [5.41, 5.74) is 3.36. The molecular formula is C45H46Cl2N8O13S3. The van der Waals surface area contributed by atoms with E-state index in [9.17, 15) is 44.0 Å². The minimum Gasteiger partial charge on any atom is -0.495 e. The van der Waals surface area contributed by atoms with Crippen LogP contribution in [0.3, 0.4) is 0 Å². The van der Waals surface area contributed by atoms with Crippen molar-refractivity contribution in [3.8, 4) is 17.2 Å². The van der Waals surface area contributed by atoms with Gasteiger partial charge in [-0.2, -0.15) is 45.4 Å². The first kappa shape index (κ1) is 54.1. The first-order valence-electron chi connectivity index (χ1n) is 21.3. The molecule has 0 spiro atoms. The maximum atomic E-state index is 12.0. The Labute approximate surface area is 419 Å². The van der Waals surface area contributed by atoms with Crippen LogP contribution in [0.15, 0.2) is 121 Å². The molecule has 5 aromatic carbocycles. The van der Waals surface area contributed by atoms with Crippen LogP contribution >= 0.6 is 23.2 Å². The van der Waals surface area contributed by atoms with Crippen LogP contribution in [-0.4, -0.2) is 91.6 Å². The monoisotopic (exact) mass is 1070 g/mol. The molecule has 0 aliphatic carbocycles. The summed E-state index contributed by atoms with van der Waals surface area (Å²) in [5.74, 6) is 0.481. The first-order valence-corrected chi connectivity index (χ1v) is 26.5. The van der Waals surface area contributed by atoms with Crippen molar-refractivity contribution in [3.05, 3.63) is 135 Å². The van der Waals surface area contributed by atoms with Crippen molar-refractivity contribution in [2.45, 2.75) is 55.4 Å². The number of hydrogen-bond donors (Lipinski definition) is 5. The van der Waals surface area contributed by atoms with Crippen molar-refractivity contribution in [1.29, 1.82) is 0 Å². The molecular weight excluding hydrogens is 1030 g/mol. The molecule has 1 aromatic heterocycles. The fourth-order valence-electron chi connectivity index (χ4n) is 6.51. The molecule has 6 aromatic rings. The lowest BCUT2D eigenvalue weighted by atomic mass is 10.1. The SMILES string of the molecule is CCCOc1cc(N=Nc2ccc(CO)cc2)c(Cl)cc1Cc1nc(Cc2cc(Cl)c(N=Nc3ccc(OC)c(S(=O)(=O)O)c3)cc2OCCCS(=O)(=O)O)nc(NCCc2ccc(S(=O)(=O)O)cc2)n1. The lowest BCUT2D eigenvalue weighted by Gasteiger charge is -2.15. The quantitative estimate of drug-likeness (QED) is 0.0214. The predicted octanol–water partition coefficient (Wildman–Crippen LogP) is 9.29. The number of aliphatic hydroxyl groups excluding tert-OH is 1. The normalized spacial score (nSPS) is 12.2. The summed E-state index contributed by atoms with van der Waals surface area (Å²) in [6, 6.07) is 22.5. The highest BCUT2D eigenvalue weighted by molar-refractivity contribution is 7.86. The Morgan fingerprint density at radius 3 is 1.70 bits per heavy atom. The molecule has 376 valence electrons. The van der Waals surface area contributed by atoms with Gasteiger partial charge in [0.1, 0.15) is 45.2 Å². The van der Waals surface area contributed by atoms with Crippen molar-refractivity contribution >= 4 is 82.3 Å². The summed E-state index contributed by atoms with van der Waals surface area (Å²) in [6.07, 6.45) is 0.977. The molecule has 26 heteroatoms. The molecule has 0 amide bonds. The number of rotatable bonds is 24. The number of benzene rings is 5. The maximum Gasteiger partial charge on any atom is 0.298 e. The van der Waals surface area contributed by atoms with E-state index in [0.29, 0.717) is 53.3 Å². The molecule has 0 saturated heterocycles. The van der Waals surface area contributed by atoms with Gasteiger partial charge in [0.2, 0.25) is 5.95 Å². The standard InChI is InChI=1S/C45H46Cl2N8O13S3/c1-3-17-67-40-25-37(54-52-32-9-5-29(27-56)6-10-32)35(46)20-30(40)22-43-49-44(51-45(50-43)48-16-15-28-7-12-34(13-8-28)70(60,61)62)23-31-21-36(47)38(26-41(31)68-18-4-19-69(57,58)59)55-53-33-11-14-39(66-2)42(24-33)71(63,64)65/h5-14,20-21,24-26,56H,3-4,15-19,22-23,27H2,1-2H3,(H,57,58,59)(H,60,61,62)(H,63,64,65)(H,48,49,50,51). The molecule has 0 aliphatic rings. The van der Waals surface area contributed by atoms with Crippen LogP contribution < -0.4 is 19.5 Å². The second-order valence-corrected chi connectivity index (χ2v) is 20.5. The third-order valence-corrected chi connectivity index (χ3v) is 13.1. The summed E-state index contributed by atoms with van der Waals surface area (Å²) in [7, 11) is -12.2. The molecule has 0 fully saturated rings. The summed E-state index contributed by atoms with van der Waals surface area (Å²) in [4.78, 5) is 13.4. The Morgan fingerprint density at radius 1 is 0.634 bits per heavy atom. The third kappa shape index (κ3) is 16.1. The van der Waals surface area contributed by atoms with Gasteiger partial charge in [-0.25, -0.2) is 4.98 Å². The Morgan fingerprint density at radius 2 is 1.18 bits per heavy atom. The molecule has 5 N–H and O–H groups in total. The molecule has 0 aliphatic heterocycles. The number of anilines is 1. The molecule has 0 bridgehead atoms. The fraction of sp³-hybridized carbons (Fsp3) is 0.267. The summed E-state index contributed by atoms with van der Waals surface area (Å²) in [5, 5.41) is 29.8. The van der Waals surface area contributed by atoms with E-state index in [2.05, 4.69) is 30.8 Å². The van der Waals surface area contributed by atoms with E-state index in [-0.39, 0.29) is 94.4 Å². The number of nitrogens with zero attached hydrogens (tertiary/aromatic N) is 7. The van der Waals surface area contributed by atoms with Crippen molar-refractivity contribution in [3.63, 3.8) is 0 Å². The van der Waals surface area contributed by atoms with E-state index in [4.69, 9.17) is 47.4 Å². The fourth-order valence-corrected chi connectivity index (χ4v) is 8.60. The number of halogens is 2. The zero-order chi connectivity index (χ0) is 51.3. The molecule has 0 atom stereocenters. The molecule has 0 unspecified atom stereocenters. The maximum absolute atomic E-state index is 12.0. The molecule has 0 saturated carbocycles. The molecule has 0 radical (unpaired) electrons. The zero-order valence-electron chi connectivity index (χ0n) is 37.8. The number of aromatic nitrogens is 3. The number of azo groups is 2. The number of ether oxygens (including phenoxy) is 3. The topological polar surface area (TPSA) is 311 Å². The number of hydrogen-bond acceptors (Lipinski definition) is 18. The number of aliphatic hydroxyl groups is 1. The van der Waals surface area contributed by atoms with E-state index in [1.807, 2.05) is 6.92 Å². The van der Waals surface area contributed by atoms with Gasteiger partial charge in [-0.3, -0.25) is 13.7 Å². The van der Waals surface area contributed by atoms with Crippen LogP contribution in [0.2, 0.25) is 10.0 Å². The van der Waals surface area contributed by atoms with Crippen molar-refractivity contribution in [2.24, 2.45) is 20.5 Å². The highest BCUT2D eigenvalue weighted by Crippen LogP contribution is 2.38. The van der Waals surface area contributed by atoms with Gasteiger partial charge in [0, 0.05) is 42.6 Å². The zero-order valence-corrected chi connectivity index (χ0v) is 41.8. The molecule has 71 heavy (non-hydrogen) atoms. The molecule has 6 rings (SSSR count). The van der Waals surface area contributed by atoms with Gasteiger partial charge in [0.05, 0.1) is 59.0 Å². The minimum atomic E-state index is -4.70. The first-order chi connectivity index (χ1) is 33.7. The smallest absolute Gasteiger partial charge is 0.298 e. The Balaban J connectivity index is 1.36. The van der Waals surface area contributed by atoms with Gasteiger partial charge in [-0.15, -0.1) is 10.2 Å². The summed E-state index contributed by atoms with van der Waals surface area (Å²) in [6.45, 7) is 2.26. The number of methoxy groups -OCH3 is 1. The third-order valence-electron chi connectivity index (χ3n) is 9.96. The van der Waals surface area contributed by atoms with Crippen molar-refractivity contribution < 1.29 is 58.2 Å². The summed E-state index contributed by atoms with van der Waals surface area (Å²) < 4.78 is 116. The Bertz CT molecular complexity index is 3260.